The third-order valence-electron chi connectivity index (χ3n) is 4.66. The maximum Gasteiger partial charge on any atom is 0.253 e. The summed E-state index contributed by atoms with van der Waals surface area (Å²) in [6.45, 7) is 0.266. The molecule has 9 nitrogen and oxygen atoms in total. The number of aromatic nitrogens is 4. The van der Waals surface area contributed by atoms with E-state index in [0.29, 0.717) is 11.5 Å². The van der Waals surface area contributed by atoms with Crippen molar-refractivity contribution in [1.82, 2.24) is 24.7 Å². The van der Waals surface area contributed by atoms with E-state index in [2.05, 4.69) is 20.3 Å². The van der Waals surface area contributed by atoms with Gasteiger partial charge in [0.2, 0.25) is 15.8 Å². The topological polar surface area (TPSA) is 110 Å². The van der Waals surface area contributed by atoms with Gasteiger partial charge in [0.15, 0.2) is 0 Å². The minimum atomic E-state index is -3.73. The zero-order chi connectivity index (χ0) is 22.0. The maximum absolute atomic E-state index is 12.8. The molecule has 0 aliphatic carbocycles. The number of hydrogen-bond acceptors (Lipinski definition) is 7. The van der Waals surface area contributed by atoms with E-state index in [9.17, 15) is 13.2 Å². The Morgan fingerprint density at radius 1 is 1.00 bits per heavy atom. The summed E-state index contributed by atoms with van der Waals surface area (Å²) in [6.07, 6.45) is 7.72. The first-order valence-electron chi connectivity index (χ1n) is 9.39. The number of sulfone groups is 1. The Kier molecular flexibility index (Phi) is 5.38. The fourth-order valence-electron chi connectivity index (χ4n) is 2.94. The molecule has 4 aromatic rings. The van der Waals surface area contributed by atoms with E-state index in [0.717, 1.165) is 11.2 Å². The molecule has 0 bridgehead atoms. The molecule has 3 aromatic heterocycles. The van der Waals surface area contributed by atoms with Gasteiger partial charge in [0.1, 0.15) is 10.5 Å². The summed E-state index contributed by atoms with van der Waals surface area (Å²) in [4.78, 5) is 26.5. The van der Waals surface area contributed by atoms with Crippen molar-refractivity contribution in [2.45, 2.75) is 16.3 Å². The summed E-state index contributed by atoms with van der Waals surface area (Å²) in [7, 11) is -0.178. The molecular formula is C21H20N6O3S. The van der Waals surface area contributed by atoms with Crippen LogP contribution < -0.4 is 10.2 Å². The van der Waals surface area contributed by atoms with Gasteiger partial charge in [0.25, 0.3) is 5.91 Å². The first-order chi connectivity index (χ1) is 14.8. The number of rotatable bonds is 6. The number of pyridine rings is 1. The van der Waals surface area contributed by atoms with Crippen LogP contribution in [0, 0.1) is 0 Å². The summed E-state index contributed by atoms with van der Waals surface area (Å²) in [5.74, 6) is 0.197. The summed E-state index contributed by atoms with van der Waals surface area (Å²) in [5, 5.41) is 2.83. The first kappa shape index (κ1) is 20.5. The number of fused-ring (bicyclic) bond motifs is 1. The number of nitrogens with one attached hydrogen (secondary N) is 1. The number of imidazole rings is 1. The normalized spacial score (nSPS) is 11.4. The molecule has 1 amide bonds. The van der Waals surface area contributed by atoms with E-state index >= 15 is 0 Å². The minimum absolute atomic E-state index is 0.0223. The molecule has 0 spiro atoms. The van der Waals surface area contributed by atoms with E-state index < -0.39 is 9.84 Å². The van der Waals surface area contributed by atoms with Gasteiger partial charge in [-0.3, -0.25) is 4.79 Å². The Balaban J connectivity index is 1.44. The van der Waals surface area contributed by atoms with E-state index in [1.165, 1.54) is 24.5 Å². The lowest BCUT2D eigenvalue weighted by molar-refractivity contribution is 0.0950. The molecule has 4 rings (SSSR count). The van der Waals surface area contributed by atoms with E-state index in [4.69, 9.17) is 0 Å². The Bertz CT molecular complexity index is 1330. The van der Waals surface area contributed by atoms with Gasteiger partial charge in [0, 0.05) is 39.2 Å². The molecule has 1 aromatic carbocycles. The molecule has 0 aliphatic rings. The largest absolute Gasteiger partial charge is 0.348 e. The molecular weight excluding hydrogens is 416 g/mol. The second kappa shape index (κ2) is 8.15. The molecule has 10 heteroatoms. The van der Waals surface area contributed by atoms with Gasteiger partial charge in [-0.2, -0.15) is 0 Å². The lowest BCUT2D eigenvalue weighted by Crippen LogP contribution is -2.23. The molecule has 0 atom stereocenters. The lowest BCUT2D eigenvalue weighted by Gasteiger charge is -2.10. The highest BCUT2D eigenvalue weighted by atomic mass is 32.2. The van der Waals surface area contributed by atoms with Crippen LogP contribution in [0.3, 0.4) is 0 Å². The number of carbonyl (C=O) groups is 1. The van der Waals surface area contributed by atoms with Gasteiger partial charge in [-0.1, -0.05) is 12.1 Å². The van der Waals surface area contributed by atoms with Crippen molar-refractivity contribution in [3.05, 3.63) is 78.5 Å². The predicted octanol–water partition coefficient (Wildman–Crippen LogP) is 1.95. The molecule has 0 radical (unpaired) electrons. The van der Waals surface area contributed by atoms with Crippen molar-refractivity contribution in [2.75, 3.05) is 19.0 Å². The highest BCUT2D eigenvalue weighted by Gasteiger charge is 2.19. The number of amides is 1. The molecule has 0 saturated heterocycles. The predicted molar refractivity (Wildman–Crippen MR) is 115 cm³/mol. The first-order valence-corrected chi connectivity index (χ1v) is 10.9. The van der Waals surface area contributed by atoms with E-state index in [1.54, 1.807) is 66.3 Å². The number of carbonyl (C=O) groups excluding carboxylic acids is 1. The minimum Gasteiger partial charge on any atom is -0.348 e. The molecule has 0 saturated carbocycles. The third-order valence-corrected chi connectivity index (χ3v) is 6.39. The van der Waals surface area contributed by atoms with Gasteiger partial charge in [-0.05, 0) is 29.8 Å². The van der Waals surface area contributed by atoms with Crippen LogP contribution in [-0.2, 0) is 16.4 Å². The van der Waals surface area contributed by atoms with Gasteiger partial charge in [-0.15, -0.1) is 0 Å². The quantitative estimate of drug-likeness (QED) is 0.492. The Morgan fingerprint density at radius 2 is 1.71 bits per heavy atom. The Morgan fingerprint density at radius 3 is 2.39 bits per heavy atom. The van der Waals surface area contributed by atoms with Crippen molar-refractivity contribution < 1.29 is 13.2 Å². The zero-order valence-corrected chi connectivity index (χ0v) is 17.7. The highest BCUT2D eigenvalue weighted by Crippen LogP contribution is 2.21. The standard InChI is InChI=1S/C21H20N6O3S/c1-26(2)21-24-12-18(13-25-21)31(29,30)17-6-3-15(4-7-17)11-23-20(28)16-5-8-19-22-9-10-27(19)14-16/h3-10,12-14H,11H2,1-2H3,(H,23,28). The fourth-order valence-corrected chi connectivity index (χ4v) is 4.09. The summed E-state index contributed by atoms with van der Waals surface area (Å²) in [5.41, 5.74) is 2.04. The van der Waals surface area contributed by atoms with Crippen LogP contribution >= 0.6 is 0 Å². The van der Waals surface area contributed by atoms with E-state index in [1.807, 2.05) is 0 Å². The molecule has 1 N–H and O–H groups in total. The van der Waals surface area contributed by atoms with Crippen molar-refractivity contribution in [2.24, 2.45) is 0 Å². The molecule has 0 unspecified atom stereocenters. The van der Waals surface area contributed by atoms with Gasteiger partial charge in [-0.25, -0.2) is 23.4 Å². The monoisotopic (exact) mass is 436 g/mol. The third kappa shape index (κ3) is 4.24. The van der Waals surface area contributed by atoms with Gasteiger partial charge < -0.3 is 14.6 Å². The van der Waals surface area contributed by atoms with Crippen LogP contribution in [0.4, 0.5) is 5.95 Å². The Hall–Kier alpha value is -3.79. The SMILES string of the molecule is CN(C)c1ncc(S(=O)(=O)c2ccc(CNC(=O)c3ccc4nccn4c3)cc2)cn1. The number of benzene rings is 1. The van der Waals surface area contributed by atoms with Gasteiger partial charge in [0.05, 0.1) is 22.9 Å². The average molecular weight is 436 g/mol. The number of nitrogens with zero attached hydrogens (tertiary/aromatic N) is 5. The van der Waals surface area contributed by atoms with Crippen LogP contribution in [0.15, 0.2) is 77.2 Å². The highest BCUT2D eigenvalue weighted by molar-refractivity contribution is 7.91. The summed E-state index contributed by atoms with van der Waals surface area (Å²) < 4.78 is 27.4. The van der Waals surface area contributed by atoms with Crippen LogP contribution in [0.2, 0.25) is 0 Å². The van der Waals surface area contributed by atoms with Crippen LogP contribution in [0.1, 0.15) is 15.9 Å². The molecule has 0 aliphatic heterocycles. The van der Waals surface area contributed by atoms with Crippen LogP contribution in [0.5, 0.6) is 0 Å². The molecule has 0 fully saturated rings. The molecule has 3 heterocycles. The summed E-state index contributed by atoms with van der Waals surface area (Å²) in [6, 6.07) is 9.82. The van der Waals surface area contributed by atoms with Crippen molar-refractivity contribution in [3.8, 4) is 0 Å². The van der Waals surface area contributed by atoms with E-state index in [-0.39, 0.29) is 22.2 Å². The van der Waals surface area contributed by atoms with Crippen molar-refractivity contribution in [1.29, 1.82) is 0 Å². The average Bonchev–Trinajstić information content (AvgIpc) is 3.25. The van der Waals surface area contributed by atoms with Crippen molar-refractivity contribution in [3.63, 3.8) is 0 Å². The molecule has 31 heavy (non-hydrogen) atoms. The zero-order valence-electron chi connectivity index (χ0n) is 16.9. The molecule has 158 valence electrons. The van der Waals surface area contributed by atoms with Crippen LogP contribution in [-0.4, -0.2) is 47.8 Å². The summed E-state index contributed by atoms with van der Waals surface area (Å²) >= 11 is 0. The maximum atomic E-state index is 12.8. The van der Waals surface area contributed by atoms with Crippen LogP contribution in [0.25, 0.3) is 5.65 Å². The lowest BCUT2D eigenvalue weighted by atomic mass is 10.2. The second-order valence-corrected chi connectivity index (χ2v) is 9.00. The van der Waals surface area contributed by atoms with Crippen molar-refractivity contribution >= 4 is 27.3 Å². The van der Waals surface area contributed by atoms with Gasteiger partial charge >= 0.3 is 0 Å². The number of hydrogen-bond donors (Lipinski definition) is 1. The Labute approximate surface area is 179 Å². The smallest absolute Gasteiger partial charge is 0.253 e. The fraction of sp³-hybridized carbons (Fsp3) is 0.143. The number of anilines is 1. The second-order valence-electron chi connectivity index (χ2n) is 7.05.